The van der Waals surface area contributed by atoms with Crippen molar-refractivity contribution in [3.8, 4) is 0 Å². The molecule has 1 aromatic carbocycles. The number of hydrogen-bond acceptors (Lipinski definition) is 4. The van der Waals surface area contributed by atoms with Gasteiger partial charge in [-0.1, -0.05) is 0 Å². The SMILES string of the molecule is CNCCCC(=O)CCC(Cc1cc(F)ccc1F)NC(=O)OC(C)(C)C. The highest BCUT2D eigenvalue weighted by Crippen LogP contribution is 2.16. The van der Waals surface area contributed by atoms with Crippen LogP contribution in [-0.2, 0) is 16.0 Å². The summed E-state index contributed by atoms with van der Waals surface area (Å²) >= 11 is 0. The summed E-state index contributed by atoms with van der Waals surface area (Å²) in [6, 6.07) is 2.66. The number of nitrogens with one attached hydrogen (secondary N) is 2. The van der Waals surface area contributed by atoms with Crippen molar-refractivity contribution in [2.24, 2.45) is 0 Å². The van der Waals surface area contributed by atoms with Gasteiger partial charge in [-0.15, -0.1) is 0 Å². The van der Waals surface area contributed by atoms with Crippen molar-refractivity contribution in [2.75, 3.05) is 13.6 Å². The van der Waals surface area contributed by atoms with E-state index < -0.39 is 29.4 Å². The van der Waals surface area contributed by atoms with Crippen molar-refractivity contribution in [1.29, 1.82) is 0 Å². The summed E-state index contributed by atoms with van der Waals surface area (Å²) in [5, 5.41) is 5.65. The van der Waals surface area contributed by atoms with Gasteiger partial charge in [0.25, 0.3) is 0 Å². The number of amides is 1. The lowest BCUT2D eigenvalue weighted by Crippen LogP contribution is -2.40. The number of ether oxygens (including phenoxy) is 1. The van der Waals surface area contributed by atoms with Crippen LogP contribution in [-0.4, -0.2) is 37.1 Å². The Labute approximate surface area is 159 Å². The molecule has 1 unspecified atom stereocenters. The minimum Gasteiger partial charge on any atom is -0.444 e. The largest absolute Gasteiger partial charge is 0.444 e. The fraction of sp³-hybridized carbons (Fsp3) is 0.600. The third-order valence-electron chi connectivity index (χ3n) is 3.85. The van der Waals surface area contributed by atoms with E-state index in [0.29, 0.717) is 12.8 Å². The number of alkyl carbamates (subject to hydrolysis) is 1. The highest BCUT2D eigenvalue weighted by molar-refractivity contribution is 5.78. The molecule has 0 fully saturated rings. The standard InChI is InChI=1S/C20H30F2N2O3/c1-20(2,3)27-19(26)24-16(8-9-17(25)6-5-11-23-4)13-14-12-15(21)7-10-18(14)22/h7,10,12,16,23H,5-6,8-9,11,13H2,1-4H3,(H,24,26). The molecular formula is C20H30F2N2O3. The molecule has 2 N–H and O–H groups in total. The molecule has 152 valence electrons. The fourth-order valence-corrected chi connectivity index (χ4v) is 2.59. The summed E-state index contributed by atoms with van der Waals surface area (Å²) in [5.74, 6) is -1.03. The van der Waals surface area contributed by atoms with Crippen LogP contribution in [0.5, 0.6) is 0 Å². The predicted molar refractivity (Wildman–Crippen MR) is 101 cm³/mol. The van der Waals surface area contributed by atoms with E-state index in [1.165, 1.54) is 0 Å². The van der Waals surface area contributed by atoms with Crippen LogP contribution in [0.15, 0.2) is 18.2 Å². The minimum absolute atomic E-state index is 0.0703. The molecule has 0 aliphatic carbocycles. The van der Waals surface area contributed by atoms with E-state index >= 15 is 0 Å². The number of Topliss-reactive ketones (excluding diaryl/α,β-unsaturated/α-hetero) is 1. The van der Waals surface area contributed by atoms with E-state index in [-0.39, 0.29) is 24.2 Å². The van der Waals surface area contributed by atoms with Crippen molar-refractivity contribution < 1.29 is 23.1 Å². The smallest absolute Gasteiger partial charge is 0.407 e. The summed E-state index contributed by atoms with van der Waals surface area (Å²) in [7, 11) is 1.82. The van der Waals surface area contributed by atoms with Gasteiger partial charge in [-0.05, 0) is 77.4 Å². The monoisotopic (exact) mass is 384 g/mol. The Morgan fingerprint density at radius 1 is 1.19 bits per heavy atom. The van der Waals surface area contributed by atoms with E-state index in [9.17, 15) is 18.4 Å². The highest BCUT2D eigenvalue weighted by atomic mass is 19.1. The van der Waals surface area contributed by atoms with E-state index in [1.807, 2.05) is 7.05 Å². The van der Waals surface area contributed by atoms with Crippen LogP contribution < -0.4 is 10.6 Å². The number of benzene rings is 1. The summed E-state index contributed by atoms with van der Waals surface area (Å²) in [5.41, 5.74) is -0.527. The number of halogens is 2. The number of rotatable bonds is 10. The second-order valence-corrected chi connectivity index (χ2v) is 7.57. The zero-order valence-corrected chi connectivity index (χ0v) is 16.5. The van der Waals surface area contributed by atoms with Crippen molar-refractivity contribution >= 4 is 11.9 Å². The summed E-state index contributed by atoms with van der Waals surface area (Å²) < 4.78 is 32.6. The first-order valence-electron chi connectivity index (χ1n) is 9.20. The first-order valence-corrected chi connectivity index (χ1v) is 9.20. The van der Waals surface area contributed by atoms with Gasteiger partial charge in [0.05, 0.1) is 0 Å². The molecule has 0 spiro atoms. The van der Waals surface area contributed by atoms with Crippen LogP contribution in [0.2, 0.25) is 0 Å². The van der Waals surface area contributed by atoms with Crippen molar-refractivity contribution in [1.82, 2.24) is 10.6 Å². The lowest BCUT2D eigenvalue weighted by atomic mass is 9.99. The molecule has 0 saturated carbocycles. The maximum Gasteiger partial charge on any atom is 0.407 e. The Bertz CT molecular complexity index is 630. The zero-order valence-electron chi connectivity index (χ0n) is 16.5. The van der Waals surface area contributed by atoms with Crippen LogP contribution in [0.3, 0.4) is 0 Å². The molecular weight excluding hydrogens is 354 g/mol. The topological polar surface area (TPSA) is 67.4 Å². The van der Waals surface area contributed by atoms with Gasteiger partial charge < -0.3 is 15.4 Å². The Morgan fingerprint density at radius 3 is 2.52 bits per heavy atom. The van der Waals surface area contributed by atoms with Crippen molar-refractivity contribution in [3.63, 3.8) is 0 Å². The third-order valence-corrected chi connectivity index (χ3v) is 3.85. The maximum atomic E-state index is 14.0. The Kier molecular flexibility index (Phi) is 9.35. The summed E-state index contributed by atoms with van der Waals surface area (Å²) in [6.45, 7) is 5.96. The van der Waals surface area contributed by atoms with E-state index in [1.54, 1.807) is 20.8 Å². The van der Waals surface area contributed by atoms with Gasteiger partial charge in [-0.25, -0.2) is 13.6 Å². The first-order chi connectivity index (χ1) is 12.6. The molecule has 0 heterocycles. The molecule has 7 heteroatoms. The van der Waals surface area contributed by atoms with Crippen LogP contribution in [0.1, 0.15) is 52.0 Å². The Morgan fingerprint density at radius 2 is 1.89 bits per heavy atom. The van der Waals surface area contributed by atoms with E-state index in [4.69, 9.17) is 4.74 Å². The van der Waals surface area contributed by atoms with Gasteiger partial charge in [0.2, 0.25) is 0 Å². The normalized spacial score (nSPS) is 12.5. The number of carbonyl (C=O) groups is 2. The molecule has 0 aliphatic heterocycles. The molecule has 1 aromatic rings. The van der Waals surface area contributed by atoms with E-state index in [0.717, 1.165) is 31.2 Å². The molecule has 0 bridgehead atoms. The van der Waals surface area contributed by atoms with Crippen LogP contribution in [0.4, 0.5) is 13.6 Å². The zero-order chi connectivity index (χ0) is 20.4. The van der Waals surface area contributed by atoms with E-state index in [2.05, 4.69) is 10.6 Å². The Hall–Kier alpha value is -2.02. The summed E-state index contributed by atoms with van der Waals surface area (Å²) in [6.07, 6.45) is 1.18. The van der Waals surface area contributed by atoms with Crippen LogP contribution in [0, 0.1) is 11.6 Å². The number of carbonyl (C=O) groups excluding carboxylic acids is 2. The van der Waals surface area contributed by atoms with Gasteiger partial charge >= 0.3 is 6.09 Å². The fourth-order valence-electron chi connectivity index (χ4n) is 2.59. The number of ketones is 1. The van der Waals surface area contributed by atoms with Gasteiger partial charge in [-0.2, -0.15) is 0 Å². The molecule has 1 atom stereocenters. The maximum absolute atomic E-state index is 14.0. The molecule has 0 radical (unpaired) electrons. The van der Waals surface area contributed by atoms with Crippen LogP contribution in [0.25, 0.3) is 0 Å². The molecule has 0 saturated heterocycles. The first kappa shape index (κ1) is 23.0. The minimum atomic E-state index is -0.679. The lowest BCUT2D eigenvalue weighted by Gasteiger charge is -2.24. The van der Waals surface area contributed by atoms with Crippen molar-refractivity contribution in [2.45, 2.75) is 64.5 Å². The second-order valence-electron chi connectivity index (χ2n) is 7.57. The molecule has 5 nitrogen and oxygen atoms in total. The predicted octanol–water partition coefficient (Wildman–Crippen LogP) is 3.75. The third kappa shape index (κ3) is 10.0. The molecule has 0 aromatic heterocycles. The van der Waals surface area contributed by atoms with Gasteiger partial charge in [-0.3, -0.25) is 4.79 Å². The number of hydrogen-bond donors (Lipinski definition) is 2. The molecule has 1 amide bonds. The average molecular weight is 384 g/mol. The second kappa shape index (κ2) is 11.0. The summed E-state index contributed by atoms with van der Waals surface area (Å²) in [4.78, 5) is 24.1. The molecule has 0 aliphatic rings. The van der Waals surface area contributed by atoms with Crippen LogP contribution >= 0.6 is 0 Å². The lowest BCUT2D eigenvalue weighted by molar-refractivity contribution is -0.119. The highest BCUT2D eigenvalue weighted by Gasteiger charge is 2.21. The van der Waals surface area contributed by atoms with Gasteiger partial charge in [0, 0.05) is 18.9 Å². The quantitative estimate of drug-likeness (QED) is 0.603. The molecule has 1 rings (SSSR count). The van der Waals surface area contributed by atoms with Gasteiger partial charge in [0.15, 0.2) is 0 Å². The molecule has 27 heavy (non-hydrogen) atoms. The average Bonchev–Trinajstić information content (AvgIpc) is 2.54. The van der Waals surface area contributed by atoms with Gasteiger partial charge in [0.1, 0.15) is 23.0 Å². The van der Waals surface area contributed by atoms with Crippen molar-refractivity contribution in [3.05, 3.63) is 35.4 Å². The Balaban J connectivity index is 2.74.